The first-order valence-corrected chi connectivity index (χ1v) is 8.02. The molecular formula is C16H18Cl2N2. The predicted molar refractivity (Wildman–Crippen MR) is 86.9 cm³/mol. The van der Waals surface area contributed by atoms with Crippen LogP contribution in [-0.2, 0) is 0 Å². The number of halogens is 2. The third-order valence-electron chi connectivity index (χ3n) is 4.17. The molecule has 0 saturated heterocycles. The number of hydrogen-bond donors (Lipinski definition) is 1. The number of nitrogens with zero attached hydrogens (tertiary/aromatic N) is 1. The van der Waals surface area contributed by atoms with Gasteiger partial charge in [0, 0.05) is 28.2 Å². The Morgan fingerprint density at radius 1 is 1.15 bits per heavy atom. The van der Waals surface area contributed by atoms with Gasteiger partial charge in [-0.15, -0.1) is 11.6 Å². The Balaban J connectivity index is 1.97. The summed E-state index contributed by atoms with van der Waals surface area (Å²) in [6.45, 7) is 0. The molecule has 1 heterocycles. The lowest BCUT2D eigenvalue weighted by atomic mass is 9.83. The number of rotatable bonds is 3. The zero-order valence-electron chi connectivity index (χ0n) is 11.3. The molecule has 20 heavy (non-hydrogen) atoms. The molecule has 0 spiro atoms. The highest BCUT2D eigenvalue weighted by atomic mass is 35.5. The lowest BCUT2D eigenvalue weighted by Crippen LogP contribution is -2.42. The lowest BCUT2D eigenvalue weighted by Gasteiger charge is -2.37. The molecule has 0 bridgehead atoms. The molecule has 0 radical (unpaired) electrons. The number of alkyl halides is 1. The molecule has 0 aliphatic heterocycles. The molecule has 1 saturated carbocycles. The fourth-order valence-electron chi connectivity index (χ4n) is 3.04. The predicted octanol–water partition coefficient (Wildman–Crippen LogP) is 5.24. The number of aromatic nitrogens is 1. The van der Waals surface area contributed by atoms with Crippen molar-refractivity contribution in [2.24, 2.45) is 0 Å². The molecule has 1 fully saturated rings. The van der Waals surface area contributed by atoms with E-state index in [0.29, 0.717) is 10.9 Å². The van der Waals surface area contributed by atoms with Gasteiger partial charge in [-0.1, -0.05) is 30.9 Å². The van der Waals surface area contributed by atoms with E-state index in [2.05, 4.69) is 10.3 Å². The Kier molecular flexibility index (Phi) is 4.04. The van der Waals surface area contributed by atoms with Crippen LogP contribution in [0.5, 0.6) is 0 Å². The number of fused-ring (bicyclic) bond motifs is 1. The average molecular weight is 309 g/mol. The Hall–Kier alpha value is -0.990. The maximum absolute atomic E-state index is 6.26. The van der Waals surface area contributed by atoms with Crippen LogP contribution in [0.1, 0.15) is 32.1 Å². The van der Waals surface area contributed by atoms with Crippen molar-refractivity contribution in [1.82, 2.24) is 4.98 Å². The number of pyridine rings is 1. The summed E-state index contributed by atoms with van der Waals surface area (Å²) in [5.74, 6) is 0.643. The largest absolute Gasteiger partial charge is 0.378 e. The zero-order chi connectivity index (χ0) is 14.0. The second-order valence-electron chi connectivity index (χ2n) is 5.62. The van der Waals surface area contributed by atoms with Crippen LogP contribution in [-0.4, -0.2) is 16.4 Å². The molecule has 0 unspecified atom stereocenters. The summed E-state index contributed by atoms with van der Waals surface area (Å²) in [5.41, 5.74) is 2.05. The molecule has 1 N–H and O–H groups in total. The second-order valence-corrected chi connectivity index (χ2v) is 6.32. The van der Waals surface area contributed by atoms with Gasteiger partial charge in [0.05, 0.1) is 11.1 Å². The van der Waals surface area contributed by atoms with Gasteiger partial charge in [0.2, 0.25) is 0 Å². The first-order chi connectivity index (χ1) is 9.72. The molecule has 1 aromatic heterocycles. The van der Waals surface area contributed by atoms with Crippen LogP contribution in [0.25, 0.3) is 10.9 Å². The standard InChI is InChI=1S/C16H18Cl2N2/c17-11-16(7-2-1-3-8-16)20-14-6-9-19-15-10-12(18)4-5-13(14)15/h4-6,9-10H,1-3,7-8,11H2,(H,19,20). The van der Waals surface area contributed by atoms with Crippen molar-refractivity contribution in [1.29, 1.82) is 0 Å². The van der Waals surface area contributed by atoms with Gasteiger partial charge in [0.1, 0.15) is 0 Å². The van der Waals surface area contributed by atoms with E-state index in [1.54, 1.807) is 0 Å². The molecule has 4 heteroatoms. The van der Waals surface area contributed by atoms with E-state index < -0.39 is 0 Å². The number of hydrogen-bond acceptors (Lipinski definition) is 2. The maximum Gasteiger partial charge on any atom is 0.0737 e. The van der Waals surface area contributed by atoms with Crippen molar-refractivity contribution in [3.63, 3.8) is 0 Å². The summed E-state index contributed by atoms with van der Waals surface area (Å²) in [5, 5.41) is 5.51. The Bertz CT molecular complexity index is 606. The molecule has 1 aliphatic carbocycles. The zero-order valence-corrected chi connectivity index (χ0v) is 12.8. The van der Waals surface area contributed by atoms with Gasteiger partial charge in [-0.25, -0.2) is 0 Å². The fourth-order valence-corrected chi connectivity index (χ4v) is 3.54. The summed E-state index contributed by atoms with van der Waals surface area (Å²) in [4.78, 5) is 4.39. The van der Waals surface area contributed by atoms with Gasteiger partial charge in [-0.2, -0.15) is 0 Å². The number of benzene rings is 1. The van der Waals surface area contributed by atoms with Crippen LogP contribution in [0.15, 0.2) is 30.5 Å². The Morgan fingerprint density at radius 2 is 1.95 bits per heavy atom. The van der Waals surface area contributed by atoms with Gasteiger partial charge in [0.25, 0.3) is 0 Å². The first kappa shape index (κ1) is 14.0. The van der Waals surface area contributed by atoms with Crippen LogP contribution in [0.2, 0.25) is 5.02 Å². The fraction of sp³-hybridized carbons (Fsp3) is 0.438. The SMILES string of the molecule is ClCC1(Nc2ccnc3cc(Cl)ccc23)CCCCC1. The van der Waals surface area contributed by atoms with Gasteiger partial charge in [-0.3, -0.25) is 4.98 Å². The van der Waals surface area contributed by atoms with Crippen LogP contribution in [0.4, 0.5) is 5.69 Å². The minimum Gasteiger partial charge on any atom is -0.378 e. The van der Waals surface area contributed by atoms with Crippen molar-refractivity contribution in [3.8, 4) is 0 Å². The summed E-state index contributed by atoms with van der Waals surface area (Å²) >= 11 is 12.3. The minimum atomic E-state index is 0.0216. The molecule has 0 amide bonds. The maximum atomic E-state index is 6.26. The number of anilines is 1. The van der Waals surface area contributed by atoms with E-state index in [1.807, 2.05) is 30.5 Å². The van der Waals surface area contributed by atoms with Crippen LogP contribution < -0.4 is 5.32 Å². The molecule has 3 rings (SSSR count). The highest BCUT2D eigenvalue weighted by molar-refractivity contribution is 6.31. The molecule has 106 valence electrons. The van der Waals surface area contributed by atoms with Gasteiger partial charge >= 0.3 is 0 Å². The average Bonchev–Trinajstić information content (AvgIpc) is 2.48. The quantitative estimate of drug-likeness (QED) is 0.784. The molecule has 1 aliphatic rings. The highest BCUT2D eigenvalue weighted by Crippen LogP contribution is 2.35. The van der Waals surface area contributed by atoms with Crippen molar-refractivity contribution in [2.45, 2.75) is 37.6 Å². The van der Waals surface area contributed by atoms with Crippen LogP contribution in [0, 0.1) is 0 Å². The normalized spacial score (nSPS) is 18.1. The van der Waals surface area contributed by atoms with Crippen LogP contribution >= 0.6 is 23.2 Å². The van der Waals surface area contributed by atoms with Crippen molar-refractivity contribution < 1.29 is 0 Å². The molecule has 2 aromatic rings. The van der Waals surface area contributed by atoms with Crippen molar-refractivity contribution >= 4 is 39.8 Å². The van der Waals surface area contributed by atoms with Crippen LogP contribution in [0.3, 0.4) is 0 Å². The summed E-state index contributed by atoms with van der Waals surface area (Å²) in [7, 11) is 0. The number of nitrogens with one attached hydrogen (secondary N) is 1. The van der Waals surface area contributed by atoms with E-state index in [-0.39, 0.29) is 5.54 Å². The molecule has 0 atom stereocenters. The molecule has 2 nitrogen and oxygen atoms in total. The minimum absolute atomic E-state index is 0.0216. The van der Waals surface area contributed by atoms with E-state index in [1.165, 1.54) is 19.3 Å². The van der Waals surface area contributed by atoms with E-state index in [0.717, 1.165) is 29.4 Å². The summed E-state index contributed by atoms with van der Waals surface area (Å²) in [6.07, 6.45) is 7.89. The van der Waals surface area contributed by atoms with Gasteiger partial charge < -0.3 is 5.32 Å². The second kappa shape index (κ2) is 5.79. The molecular weight excluding hydrogens is 291 g/mol. The summed E-state index contributed by atoms with van der Waals surface area (Å²) < 4.78 is 0. The summed E-state index contributed by atoms with van der Waals surface area (Å²) in [6, 6.07) is 7.86. The van der Waals surface area contributed by atoms with E-state index in [4.69, 9.17) is 23.2 Å². The third-order valence-corrected chi connectivity index (χ3v) is 4.92. The van der Waals surface area contributed by atoms with E-state index in [9.17, 15) is 0 Å². The topological polar surface area (TPSA) is 24.9 Å². The van der Waals surface area contributed by atoms with Crippen molar-refractivity contribution in [2.75, 3.05) is 11.2 Å². The highest BCUT2D eigenvalue weighted by Gasteiger charge is 2.31. The van der Waals surface area contributed by atoms with Gasteiger partial charge in [0.15, 0.2) is 0 Å². The Morgan fingerprint density at radius 3 is 2.70 bits per heavy atom. The third kappa shape index (κ3) is 2.72. The first-order valence-electron chi connectivity index (χ1n) is 7.11. The van der Waals surface area contributed by atoms with Crippen molar-refractivity contribution in [3.05, 3.63) is 35.5 Å². The monoisotopic (exact) mass is 308 g/mol. The lowest BCUT2D eigenvalue weighted by molar-refractivity contribution is 0.353. The van der Waals surface area contributed by atoms with E-state index >= 15 is 0 Å². The molecule has 1 aromatic carbocycles. The van der Waals surface area contributed by atoms with Gasteiger partial charge in [-0.05, 0) is 37.1 Å². The smallest absolute Gasteiger partial charge is 0.0737 e. The Labute approximate surface area is 129 Å².